The van der Waals surface area contributed by atoms with E-state index in [9.17, 15) is 14.4 Å². The Hall–Kier alpha value is -1.79. The second kappa shape index (κ2) is 8.89. The van der Waals surface area contributed by atoms with E-state index in [-0.39, 0.29) is 16.5 Å². The normalized spacial score (nSPS) is 13.2. The summed E-state index contributed by atoms with van der Waals surface area (Å²) < 4.78 is 4.98. The van der Waals surface area contributed by atoms with E-state index in [0.29, 0.717) is 11.4 Å². The van der Waals surface area contributed by atoms with Gasteiger partial charge in [-0.1, -0.05) is 37.0 Å². The standard InChI is InChI=1S/C16H20Cl2N2O4/c1-8(2)6-13(16(23)24-9(3)14(19)21)20-15(22)11-5-4-10(17)7-12(11)18/h4-5,7-9,13H,6H2,1-3H3,(H2,19,21)(H,20,22)/t9-,13-/m1/s1. The smallest absolute Gasteiger partial charge is 0.329 e. The molecule has 1 aromatic carbocycles. The lowest BCUT2D eigenvalue weighted by atomic mass is 10.0. The third-order valence-corrected chi connectivity index (χ3v) is 3.71. The average Bonchev–Trinajstić information content (AvgIpc) is 2.45. The number of rotatable bonds is 7. The maximum atomic E-state index is 12.4. The van der Waals surface area contributed by atoms with Gasteiger partial charge in [-0.2, -0.15) is 0 Å². The van der Waals surface area contributed by atoms with Crippen molar-refractivity contribution in [1.82, 2.24) is 5.32 Å². The van der Waals surface area contributed by atoms with Gasteiger partial charge in [0.2, 0.25) is 0 Å². The molecule has 6 nitrogen and oxygen atoms in total. The van der Waals surface area contributed by atoms with Gasteiger partial charge in [0.15, 0.2) is 6.10 Å². The van der Waals surface area contributed by atoms with E-state index in [4.69, 9.17) is 33.7 Å². The Kier molecular flexibility index (Phi) is 7.51. The topological polar surface area (TPSA) is 98.5 Å². The second-order valence-corrected chi connectivity index (χ2v) is 6.60. The molecule has 0 saturated carbocycles. The molecular formula is C16H20Cl2N2O4. The average molecular weight is 375 g/mol. The van der Waals surface area contributed by atoms with Crippen LogP contribution >= 0.6 is 23.2 Å². The molecule has 0 fully saturated rings. The lowest BCUT2D eigenvalue weighted by Crippen LogP contribution is -2.45. The van der Waals surface area contributed by atoms with Crippen LogP contribution in [-0.2, 0) is 14.3 Å². The van der Waals surface area contributed by atoms with Crippen LogP contribution in [0.15, 0.2) is 18.2 Å². The van der Waals surface area contributed by atoms with Crippen molar-refractivity contribution in [1.29, 1.82) is 0 Å². The van der Waals surface area contributed by atoms with Gasteiger partial charge < -0.3 is 15.8 Å². The number of primary amides is 1. The number of benzene rings is 1. The van der Waals surface area contributed by atoms with Gasteiger partial charge >= 0.3 is 5.97 Å². The Morgan fingerprint density at radius 2 is 1.83 bits per heavy atom. The molecule has 0 unspecified atom stereocenters. The van der Waals surface area contributed by atoms with Crippen molar-refractivity contribution in [2.45, 2.75) is 39.3 Å². The Balaban J connectivity index is 2.90. The molecule has 1 aromatic rings. The number of hydrogen-bond donors (Lipinski definition) is 2. The second-order valence-electron chi connectivity index (χ2n) is 5.76. The predicted molar refractivity (Wildman–Crippen MR) is 91.9 cm³/mol. The zero-order valence-electron chi connectivity index (χ0n) is 13.6. The number of nitrogens with one attached hydrogen (secondary N) is 1. The minimum Gasteiger partial charge on any atom is -0.451 e. The van der Waals surface area contributed by atoms with E-state index < -0.39 is 29.9 Å². The Morgan fingerprint density at radius 1 is 1.21 bits per heavy atom. The zero-order chi connectivity index (χ0) is 18.4. The Morgan fingerprint density at radius 3 is 2.33 bits per heavy atom. The summed E-state index contributed by atoms with van der Waals surface area (Å²) in [5.41, 5.74) is 5.26. The third kappa shape index (κ3) is 6.02. The maximum absolute atomic E-state index is 12.4. The summed E-state index contributed by atoms with van der Waals surface area (Å²) in [6.45, 7) is 5.14. The van der Waals surface area contributed by atoms with Gasteiger partial charge in [0.1, 0.15) is 6.04 Å². The fourth-order valence-electron chi connectivity index (χ4n) is 1.91. The van der Waals surface area contributed by atoms with Crippen molar-refractivity contribution < 1.29 is 19.1 Å². The molecule has 0 saturated heterocycles. The number of carbonyl (C=O) groups excluding carboxylic acids is 3. The van der Waals surface area contributed by atoms with Gasteiger partial charge in [-0.25, -0.2) is 4.79 Å². The molecule has 24 heavy (non-hydrogen) atoms. The number of carbonyl (C=O) groups is 3. The van der Waals surface area contributed by atoms with Crippen LogP contribution < -0.4 is 11.1 Å². The fraction of sp³-hybridized carbons (Fsp3) is 0.438. The Labute approximate surface area is 150 Å². The summed E-state index contributed by atoms with van der Waals surface area (Å²) in [6, 6.07) is 3.49. The number of amides is 2. The molecule has 1 rings (SSSR count). The highest BCUT2D eigenvalue weighted by atomic mass is 35.5. The zero-order valence-corrected chi connectivity index (χ0v) is 15.1. The number of hydrogen-bond acceptors (Lipinski definition) is 4. The number of esters is 1. The van der Waals surface area contributed by atoms with Crippen LogP contribution in [0.5, 0.6) is 0 Å². The van der Waals surface area contributed by atoms with E-state index in [1.165, 1.54) is 25.1 Å². The molecule has 0 heterocycles. The minimum absolute atomic E-state index is 0.104. The SMILES string of the molecule is CC(C)C[C@@H](NC(=O)c1ccc(Cl)cc1Cl)C(=O)O[C@H](C)C(N)=O. The van der Waals surface area contributed by atoms with Crippen molar-refractivity contribution in [3.05, 3.63) is 33.8 Å². The molecule has 0 aliphatic heterocycles. The summed E-state index contributed by atoms with van der Waals surface area (Å²) in [6.07, 6.45) is -0.746. The van der Waals surface area contributed by atoms with Crippen LogP contribution in [0.2, 0.25) is 10.0 Å². The summed E-state index contributed by atoms with van der Waals surface area (Å²) in [5.74, 6) is -1.93. The molecule has 8 heteroatoms. The van der Waals surface area contributed by atoms with Crippen LogP contribution in [0.25, 0.3) is 0 Å². The predicted octanol–water partition coefficient (Wildman–Crippen LogP) is 2.55. The molecule has 2 amide bonds. The van der Waals surface area contributed by atoms with E-state index in [0.717, 1.165) is 0 Å². The molecular weight excluding hydrogens is 355 g/mol. The lowest BCUT2D eigenvalue weighted by molar-refractivity contribution is -0.156. The minimum atomic E-state index is -1.08. The highest BCUT2D eigenvalue weighted by Gasteiger charge is 2.27. The van der Waals surface area contributed by atoms with Crippen LogP contribution in [0.3, 0.4) is 0 Å². The van der Waals surface area contributed by atoms with Crippen LogP contribution in [-0.4, -0.2) is 29.9 Å². The maximum Gasteiger partial charge on any atom is 0.329 e. The van der Waals surface area contributed by atoms with Crippen molar-refractivity contribution in [3.63, 3.8) is 0 Å². The molecule has 0 aliphatic rings. The van der Waals surface area contributed by atoms with E-state index >= 15 is 0 Å². The van der Waals surface area contributed by atoms with Gasteiger partial charge in [-0.05, 0) is 37.5 Å². The van der Waals surface area contributed by atoms with Crippen LogP contribution in [0.4, 0.5) is 0 Å². The number of halogens is 2. The number of nitrogens with two attached hydrogens (primary N) is 1. The molecule has 0 spiro atoms. The first kappa shape index (κ1) is 20.3. The molecule has 3 N–H and O–H groups in total. The number of ether oxygens (including phenoxy) is 1. The van der Waals surface area contributed by atoms with Gasteiger partial charge in [-0.3, -0.25) is 9.59 Å². The highest BCUT2D eigenvalue weighted by molar-refractivity contribution is 6.36. The fourth-order valence-corrected chi connectivity index (χ4v) is 2.40. The molecule has 0 bridgehead atoms. The summed E-state index contributed by atoms with van der Waals surface area (Å²) in [7, 11) is 0. The van der Waals surface area contributed by atoms with E-state index in [1.54, 1.807) is 0 Å². The van der Waals surface area contributed by atoms with Crippen molar-refractivity contribution in [2.24, 2.45) is 11.7 Å². The van der Waals surface area contributed by atoms with Crippen molar-refractivity contribution in [2.75, 3.05) is 0 Å². The van der Waals surface area contributed by atoms with Crippen LogP contribution in [0, 0.1) is 5.92 Å². The van der Waals surface area contributed by atoms with E-state index in [1.807, 2.05) is 13.8 Å². The van der Waals surface area contributed by atoms with Crippen molar-refractivity contribution >= 4 is 41.0 Å². The quantitative estimate of drug-likeness (QED) is 0.716. The van der Waals surface area contributed by atoms with Crippen LogP contribution in [0.1, 0.15) is 37.6 Å². The summed E-state index contributed by atoms with van der Waals surface area (Å²) >= 11 is 11.8. The van der Waals surface area contributed by atoms with Gasteiger partial charge in [0, 0.05) is 5.02 Å². The molecule has 2 atom stereocenters. The lowest BCUT2D eigenvalue weighted by Gasteiger charge is -2.21. The Bertz CT molecular complexity index is 635. The van der Waals surface area contributed by atoms with Crippen molar-refractivity contribution in [3.8, 4) is 0 Å². The first-order chi connectivity index (χ1) is 11.1. The van der Waals surface area contributed by atoms with Gasteiger partial charge in [-0.15, -0.1) is 0 Å². The van der Waals surface area contributed by atoms with Gasteiger partial charge in [0.25, 0.3) is 11.8 Å². The third-order valence-electron chi connectivity index (χ3n) is 3.17. The molecule has 132 valence electrons. The summed E-state index contributed by atoms with van der Waals surface area (Å²) in [5, 5.41) is 3.14. The highest BCUT2D eigenvalue weighted by Crippen LogP contribution is 2.21. The molecule has 0 radical (unpaired) electrons. The van der Waals surface area contributed by atoms with E-state index in [2.05, 4.69) is 5.32 Å². The first-order valence-electron chi connectivity index (χ1n) is 7.37. The monoisotopic (exact) mass is 374 g/mol. The molecule has 0 aromatic heterocycles. The first-order valence-corrected chi connectivity index (χ1v) is 8.13. The van der Waals surface area contributed by atoms with Gasteiger partial charge in [0.05, 0.1) is 10.6 Å². The molecule has 0 aliphatic carbocycles. The summed E-state index contributed by atoms with van der Waals surface area (Å²) in [4.78, 5) is 35.6. The largest absolute Gasteiger partial charge is 0.451 e.